The van der Waals surface area contributed by atoms with E-state index in [9.17, 15) is 9.59 Å². The standard InChI is InChI=1S/C19H22N4O3/c1-14-6-10-20-23(14)11-7-17(24)22-12-8-19(9-13-22)21-18(25)15-4-2-3-5-16(15)26-19/h2-6,10H,7-9,11-13H2,1H3,(H,21,25). The van der Waals surface area contributed by atoms with E-state index in [0.717, 1.165) is 5.69 Å². The van der Waals surface area contributed by atoms with Crippen LogP contribution in [-0.2, 0) is 11.3 Å². The zero-order valence-electron chi connectivity index (χ0n) is 14.8. The Kier molecular flexibility index (Phi) is 4.14. The van der Waals surface area contributed by atoms with Crippen LogP contribution in [0.4, 0.5) is 0 Å². The summed E-state index contributed by atoms with van der Waals surface area (Å²) in [5.74, 6) is 0.614. The molecule has 1 saturated heterocycles. The van der Waals surface area contributed by atoms with Gasteiger partial charge in [0.05, 0.1) is 5.56 Å². The Balaban J connectivity index is 1.36. The van der Waals surface area contributed by atoms with E-state index in [1.807, 2.05) is 40.8 Å². The molecule has 0 unspecified atom stereocenters. The van der Waals surface area contributed by atoms with Gasteiger partial charge < -0.3 is 15.0 Å². The van der Waals surface area contributed by atoms with Crippen molar-refractivity contribution in [2.24, 2.45) is 0 Å². The first kappa shape index (κ1) is 16.6. The summed E-state index contributed by atoms with van der Waals surface area (Å²) in [6, 6.07) is 9.19. The van der Waals surface area contributed by atoms with Gasteiger partial charge in [-0.3, -0.25) is 14.3 Å². The van der Waals surface area contributed by atoms with E-state index < -0.39 is 5.72 Å². The lowest BCUT2D eigenvalue weighted by atomic mass is 9.96. The van der Waals surface area contributed by atoms with Gasteiger partial charge in [-0.05, 0) is 25.1 Å². The topological polar surface area (TPSA) is 76.5 Å². The number of ether oxygens (including phenoxy) is 1. The van der Waals surface area contributed by atoms with Crippen LogP contribution in [0.5, 0.6) is 5.75 Å². The van der Waals surface area contributed by atoms with Crippen molar-refractivity contribution in [3.63, 3.8) is 0 Å². The van der Waals surface area contributed by atoms with Crippen LogP contribution in [0.15, 0.2) is 36.5 Å². The molecule has 1 spiro atoms. The number of fused-ring (bicyclic) bond motifs is 1. The lowest BCUT2D eigenvalue weighted by Gasteiger charge is -2.44. The second kappa shape index (κ2) is 6.48. The monoisotopic (exact) mass is 354 g/mol. The number of likely N-dealkylation sites (tertiary alicyclic amines) is 1. The summed E-state index contributed by atoms with van der Waals surface area (Å²) in [6.07, 6.45) is 3.33. The number of aromatic nitrogens is 2. The number of carbonyl (C=O) groups is 2. The van der Waals surface area contributed by atoms with Crippen molar-refractivity contribution < 1.29 is 14.3 Å². The fourth-order valence-corrected chi connectivity index (χ4v) is 3.59. The van der Waals surface area contributed by atoms with Crippen LogP contribution in [0, 0.1) is 6.92 Å². The van der Waals surface area contributed by atoms with E-state index in [1.54, 1.807) is 12.3 Å². The third kappa shape index (κ3) is 3.05. The fourth-order valence-electron chi connectivity index (χ4n) is 3.59. The van der Waals surface area contributed by atoms with E-state index in [1.165, 1.54) is 0 Å². The molecule has 26 heavy (non-hydrogen) atoms. The van der Waals surface area contributed by atoms with Crippen LogP contribution in [0.2, 0.25) is 0 Å². The number of amides is 2. The largest absolute Gasteiger partial charge is 0.467 e. The van der Waals surface area contributed by atoms with Crippen molar-refractivity contribution >= 4 is 11.8 Å². The van der Waals surface area contributed by atoms with Gasteiger partial charge in [0.1, 0.15) is 5.75 Å². The van der Waals surface area contributed by atoms with E-state index in [4.69, 9.17) is 4.74 Å². The van der Waals surface area contributed by atoms with Crippen molar-refractivity contribution in [2.45, 2.75) is 38.5 Å². The van der Waals surface area contributed by atoms with E-state index in [0.29, 0.717) is 50.2 Å². The molecule has 0 radical (unpaired) electrons. The second-order valence-electron chi connectivity index (χ2n) is 6.87. The Labute approximate surface area is 151 Å². The minimum absolute atomic E-state index is 0.109. The van der Waals surface area contributed by atoms with Crippen LogP contribution in [0.1, 0.15) is 35.3 Å². The molecular weight excluding hydrogens is 332 g/mol. The first-order valence-corrected chi connectivity index (χ1v) is 8.93. The minimum Gasteiger partial charge on any atom is -0.467 e. The maximum Gasteiger partial charge on any atom is 0.258 e. The highest BCUT2D eigenvalue weighted by molar-refractivity contribution is 5.98. The summed E-state index contributed by atoms with van der Waals surface area (Å²) in [5, 5.41) is 7.21. The molecule has 1 aromatic carbocycles. The van der Waals surface area contributed by atoms with Crippen molar-refractivity contribution in [1.29, 1.82) is 0 Å². The Morgan fingerprint density at radius 2 is 2.04 bits per heavy atom. The van der Waals surface area contributed by atoms with Gasteiger partial charge in [0.2, 0.25) is 5.91 Å². The molecule has 2 aliphatic rings. The number of nitrogens with zero attached hydrogens (tertiary/aromatic N) is 3. The van der Waals surface area contributed by atoms with Gasteiger partial charge in [0, 0.05) is 50.8 Å². The maximum atomic E-state index is 12.5. The number of para-hydroxylation sites is 1. The number of aryl methyl sites for hydroxylation is 2. The molecule has 7 nitrogen and oxygen atoms in total. The SMILES string of the molecule is Cc1ccnn1CCC(=O)N1CCC2(CC1)NC(=O)c1ccccc1O2. The van der Waals surface area contributed by atoms with Gasteiger partial charge in [-0.25, -0.2) is 0 Å². The van der Waals surface area contributed by atoms with E-state index in [2.05, 4.69) is 10.4 Å². The molecule has 4 rings (SSSR count). The lowest BCUT2D eigenvalue weighted by Crippen LogP contribution is -2.61. The first-order chi connectivity index (χ1) is 12.6. The molecule has 1 fully saturated rings. The molecule has 0 bridgehead atoms. The van der Waals surface area contributed by atoms with Gasteiger partial charge in [-0.1, -0.05) is 12.1 Å². The zero-order valence-corrected chi connectivity index (χ0v) is 14.8. The van der Waals surface area contributed by atoms with Crippen LogP contribution in [0.3, 0.4) is 0 Å². The summed E-state index contributed by atoms with van der Waals surface area (Å²) in [5.41, 5.74) is 0.902. The van der Waals surface area contributed by atoms with Crippen LogP contribution in [0.25, 0.3) is 0 Å². The second-order valence-corrected chi connectivity index (χ2v) is 6.87. The molecule has 2 amide bonds. The Morgan fingerprint density at radius 3 is 2.77 bits per heavy atom. The molecule has 2 aliphatic heterocycles. The maximum absolute atomic E-state index is 12.5. The van der Waals surface area contributed by atoms with Gasteiger partial charge in [0.15, 0.2) is 5.72 Å². The summed E-state index contributed by atoms with van der Waals surface area (Å²) in [4.78, 5) is 26.7. The minimum atomic E-state index is -0.708. The van der Waals surface area contributed by atoms with Gasteiger partial charge in [-0.2, -0.15) is 5.10 Å². The summed E-state index contributed by atoms with van der Waals surface area (Å²) < 4.78 is 7.95. The number of piperidine rings is 1. The van der Waals surface area contributed by atoms with E-state index in [-0.39, 0.29) is 11.8 Å². The van der Waals surface area contributed by atoms with Crippen molar-refractivity contribution in [3.8, 4) is 5.75 Å². The predicted octanol–water partition coefficient (Wildman–Crippen LogP) is 1.72. The number of hydrogen-bond donors (Lipinski definition) is 1. The summed E-state index contributed by atoms with van der Waals surface area (Å²) in [6.45, 7) is 3.70. The third-order valence-electron chi connectivity index (χ3n) is 5.17. The van der Waals surface area contributed by atoms with Gasteiger partial charge in [0.25, 0.3) is 5.91 Å². The highest BCUT2D eigenvalue weighted by Gasteiger charge is 2.43. The predicted molar refractivity (Wildman–Crippen MR) is 94.7 cm³/mol. The molecule has 0 atom stereocenters. The number of carbonyl (C=O) groups excluding carboxylic acids is 2. The Bertz CT molecular complexity index is 837. The molecule has 3 heterocycles. The highest BCUT2D eigenvalue weighted by atomic mass is 16.5. The Morgan fingerprint density at radius 1 is 1.27 bits per heavy atom. The molecular formula is C19H22N4O3. The summed E-state index contributed by atoms with van der Waals surface area (Å²) >= 11 is 0. The van der Waals surface area contributed by atoms with Crippen LogP contribution in [-0.4, -0.2) is 45.3 Å². The third-order valence-corrected chi connectivity index (χ3v) is 5.17. The van der Waals surface area contributed by atoms with E-state index >= 15 is 0 Å². The van der Waals surface area contributed by atoms with Gasteiger partial charge in [-0.15, -0.1) is 0 Å². The summed E-state index contributed by atoms with van der Waals surface area (Å²) in [7, 11) is 0. The van der Waals surface area contributed by atoms with Crippen molar-refractivity contribution in [2.75, 3.05) is 13.1 Å². The van der Waals surface area contributed by atoms with Crippen molar-refractivity contribution in [1.82, 2.24) is 20.0 Å². The molecule has 136 valence electrons. The highest BCUT2D eigenvalue weighted by Crippen LogP contribution is 2.33. The quantitative estimate of drug-likeness (QED) is 0.911. The lowest BCUT2D eigenvalue weighted by molar-refractivity contribution is -0.135. The zero-order chi connectivity index (χ0) is 18.1. The molecule has 7 heteroatoms. The smallest absolute Gasteiger partial charge is 0.258 e. The molecule has 1 aromatic heterocycles. The number of nitrogens with one attached hydrogen (secondary N) is 1. The average Bonchev–Trinajstić information content (AvgIpc) is 3.05. The number of benzene rings is 1. The van der Waals surface area contributed by atoms with Crippen molar-refractivity contribution in [3.05, 3.63) is 47.8 Å². The average molecular weight is 354 g/mol. The van der Waals surface area contributed by atoms with Crippen LogP contribution < -0.4 is 10.1 Å². The van der Waals surface area contributed by atoms with Crippen LogP contribution >= 0.6 is 0 Å². The normalized spacial score (nSPS) is 18.2. The molecule has 1 N–H and O–H groups in total. The number of hydrogen-bond acceptors (Lipinski definition) is 4. The molecule has 0 saturated carbocycles. The van der Waals surface area contributed by atoms with Gasteiger partial charge >= 0.3 is 0 Å². The molecule has 2 aromatic rings. The Hall–Kier alpha value is -2.83. The molecule has 0 aliphatic carbocycles. The number of rotatable bonds is 3. The first-order valence-electron chi connectivity index (χ1n) is 8.93. The fraction of sp³-hybridized carbons (Fsp3) is 0.421.